The highest BCUT2D eigenvalue weighted by Gasteiger charge is 2.49. The average Bonchev–Trinajstić information content (AvgIpc) is 2.88. The number of aliphatic hydroxyl groups is 1. The Morgan fingerprint density at radius 3 is 2.23 bits per heavy atom. The molecule has 35 heavy (non-hydrogen) atoms. The van der Waals surface area contributed by atoms with Gasteiger partial charge in [-0.25, -0.2) is 4.39 Å². The predicted octanol–water partition coefficient (Wildman–Crippen LogP) is 5.06. The van der Waals surface area contributed by atoms with Crippen molar-refractivity contribution >= 4 is 18.1 Å². The number of aliphatic hydroxyl groups excluding tert-OH is 1. The first kappa shape index (κ1) is 23.5. The fourth-order valence-corrected chi connectivity index (χ4v) is 5.49. The van der Waals surface area contributed by atoms with E-state index in [1.165, 1.54) is 17.7 Å². The lowest BCUT2D eigenvalue weighted by Crippen LogP contribution is -2.67. The Balaban J connectivity index is 1.34. The van der Waals surface area contributed by atoms with Gasteiger partial charge in [-0.2, -0.15) is 0 Å². The van der Waals surface area contributed by atoms with Crippen LogP contribution in [0.2, 0.25) is 0 Å². The molecule has 3 aromatic rings. The van der Waals surface area contributed by atoms with Crippen LogP contribution >= 0.6 is 0 Å². The van der Waals surface area contributed by atoms with Crippen LogP contribution in [-0.2, 0) is 0 Å². The lowest BCUT2D eigenvalue weighted by atomic mass is 9.74. The molecule has 5 heteroatoms. The van der Waals surface area contributed by atoms with Crippen molar-refractivity contribution in [2.24, 2.45) is 0 Å². The van der Waals surface area contributed by atoms with E-state index in [1.54, 1.807) is 12.1 Å². The fraction of sp³-hybridized carbons (Fsp3) is 0.300. The van der Waals surface area contributed by atoms with E-state index in [4.69, 9.17) is 0 Å². The SMILES string of the molecule is O=C(c1ccc(F)cc1)N1CCCCN2[C@H](C1)[C@@H](c1ccc(/C=C/c3ccccc3)cc1)[C@@H]2CO. The van der Waals surface area contributed by atoms with Gasteiger partial charge in [0.15, 0.2) is 0 Å². The summed E-state index contributed by atoms with van der Waals surface area (Å²) in [5.74, 6) is -0.236. The molecule has 1 N–H and O–H groups in total. The van der Waals surface area contributed by atoms with Crippen LogP contribution in [-0.4, -0.2) is 59.1 Å². The topological polar surface area (TPSA) is 43.8 Å². The van der Waals surface area contributed by atoms with Gasteiger partial charge in [0.2, 0.25) is 0 Å². The molecule has 3 aromatic carbocycles. The van der Waals surface area contributed by atoms with Crippen LogP contribution in [0.5, 0.6) is 0 Å². The standard InChI is InChI=1S/C30H31FN2O2/c31-26-16-14-25(15-17-26)30(35)32-18-4-5-19-33-27(20-32)29(28(33)21-34)24-12-10-23(11-13-24)9-8-22-6-2-1-3-7-22/h1-3,6-17,27-29,34H,4-5,18-21H2/b9-8+/t27-,28+,29-/m1/s1. The first-order valence-corrected chi connectivity index (χ1v) is 12.4. The Hall–Kier alpha value is -3.28. The molecule has 180 valence electrons. The highest BCUT2D eigenvalue weighted by molar-refractivity contribution is 5.94. The Morgan fingerprint density at radius 1 is 0.886 bits per heavy atom. The predicted molar refractivity (Wildman–Crippen MR) is 137 cm³/mol. The van der Waals surface area contributed by atoms with Crippen molar-refractivity contribution in [2.45, 2.75) is 30.8 Å². The number of halogens is 1. The van der Waals surface area contributed by atoms with Gasteiger partial charge in [0.1, 0.15) is 5.82 Å². The highest BCUT2D eigenvalue weighted by atomic mass is 19.1. The molecule has 1 amide bonds. The molecule has 4 nitrogen and oxygen atoms in total. The number of rotatable bonds is 5. The third-order valence-corrected chi connectivity index (χ3v) is 7.34. The molecule has 0 spiro atoms. The van der Waals surface area contributed by atoms with Gasteiger partial charge in [0.25, 0.3) is 5.91 Å². The second kappa shape index (κ2) is 10.5. The van der Waals surface area contributed by atoms with E-state index in [0.717, 1.165) is 30.5 Å². The fourth-order valence-electron chi connectivity index (χ4n) is 5.49. The second-order valence-electron chi connectivity index (χ2n) is 9.46. The Labute approximate surface area is 206 Å². The summed E-state index contributed by atoms with van der Waals surface area (Å²) in [6, 6.07) is 24.8. The minimum absolute atomic E-state index is 0.0561. The van der Waals surface area contributed by atoms with Gasteiger partial charge >= 0.3 is 0 Å². The zero-order valence-corrected chi connectivity index (χ0v) is 19.8. The number of benzene rings is 3. The molecular weight excluding hydrogens is 439 g/mol. The molecule has 0 aliphatic carbocycles. The molecule has 0 aromatic heterocycles. The summed E-state index contributed by atoms with van der Waals surface area (Å²) in [5, 5.41) is 10.2. The summed E-state index contributed by atoms with van der Waals surface area (Å²) in [6.07, 6.45) is 6.11. The summed E-state index contributed by atoms with van der Waals surface area (Å²) in [6.45, 7) is 2.33. The molecule has 2 aliphatic heterocycles. The van der Waals surface area contributed by atoms with Crippen molar-refractivity contribution < 1.29 is 14.3 Å². The molecule has 0 saturated carbocycles. The summed E-state index contributed by atoms with van der Waals surface area (Å²) in [7, 11) is 0. The van der Waals surface area contributed by atoms with Crippen LogP contribution in [0.25, 0.3) is 12.2 Å². The Morgan fingerprint density at radius 2 is 1.54 bits per heavy atom. The normalized spacial score (nSPS) is 22.8. The monoisotopic (exact) mass is 470 g/mol. The van der Waals surface area contributed by atoms with E-state index in [9.17, 15) is 14.3 Å². The quantitative estimate of drug-likeness (QED) is 0.530. The number of carbonyl (C=O) groups is 1. The highest BCUT2D eigenvalue weighted by Crippen LogP contribution is 2.42. The molecule has 5 rings (SSSR count). The maximum Gasteiger partial charge on any atom is 0.253 e. The minimum Gasteiger partial charge on any atom is -0.395 e. The van der Waals surface area contributed by atoms with Crippen molar-refractivity contribution in [2.75, 3.05) is 26.2 Å². The van der Waals surface area contributed by atoms with Crippen molar-refractivity contribution in [3.63, 3.8) is 0 Å². The van der Waals surface area contributed by atoms with E-state index in [2.05, 4.69) is 53.5 Å². The number of nitrogens with zero attached hydrogens (tertiary/aromatic N) is 2. The third-order valence-electron chi connectivity index (χ3n) is 7.34. The van der Waals surface area contributed by atoms with Crippen molar-refractivity contribution in [1.82, 2.24) is 9.80 Å². The zero-order valence-electron chi connectivity index (χ0n) is 19.8. The Bertz CT molecular complexity index is 1160. The van der Waals surface area contributed by atoms with E-state index in [-0.39, 0.29) is 36.3 Å². The van der Waals surface area contributed by atoms with E-state index < -0.39 is 0 Å². The van der Waals surface area contributed by atoms with Crippen LogP contribution in [0.1, 0.15) is 45.8 Å². The molecule has 3 atom stereocenters. The van der Waals surface area contributed by atoms with E-state index in [1.807, 2.05) is 23.1 Å². The van der Waals surface area contributed by atoms with Crippen LogP contribution in [0.3, 0.4) is 0 Å². The maximum atomic E-state index is 13.4. The van der Waals surface area contributed by atoms with E-state index in [0.29, 0.717) is 18.7 Å². The van der Waals surface area contributed by atoms with Crippen LogP contribution < -0.4 is 0 Å². The lowest BCUT2D eigenvalue weighted by molar-refractivity contribution is -0.0606. The summed E-state index contributed by atoms with van der Waals surface area (Å²) < 4.78 is 13.4. The van der Waals surface area contributed by atoms with Gasteiger partial charge < -0.3 is 10.0 Å². The molecule has 0 unspecified atom stereocenters. The molecule has 2 fully saturated rings. The zero-order chi connectivity index (χ0) is 24.2. The Kier molecular flexibility index (Phi) is 7.07. The van der Waals surface area contributed by atoms with Crippen molar-refractivity contribution in [1.29, 1.82) is 0 Å². The van der Waals surface area contributed by atoms with Gasteiger partial charge in [-0.15, -0.1) is 0 Å². The number of carbonyl (C=O) groups excluding carboxylic acids is 1. The molecular formula is C30H31FN2O2. The second-order valence-corrected chi connectivity index (χ2v) is 9.46. The third kappa shape index (κ3) is 5.07. The molecule has 0 bridgehead atoms. The summed E-state index contributed by atoms with van der Waals surface area (Å²) >= 11 is 0. The lowest BCUT2D eigenvalue weighted by Gasteiger charge is -2.57. The van der Waals surface area contributed by atoms with Gasteiger partial charge in [-0.1, -0.05) is 66.7 Å². The number of fused-ring (bicyclic) bond motifs is 1. The van der Waals surface area contributed by atoms with Gasteiger partial charge in [-0.05, 0) is 60.3 Å². The van der Waals surface area contributed by atoms with Crippen molar-refractivity contribution in [3.05, 3.63) is 107 Å². The number of hydrogen-bond acceptors (Lipinski definition) is 3. The first-order valence-electron chi connectivity index (χ1n) is 12.4. The van der Waals surface area contributed by atoms with Crippen LogP contribution in [0, 0.1) is 5.82 Å². The van der Waals surface area contributed by atoms with Gasteiger partial charge in [0.05, 0.1) is 6.61 Å². The maximum absolute atomic E-state index is 13.4. The van der Waals surface area contributed by atoms with Gasteiger partial charge in [-0.3, -0.25) is 9.69 Å². The largest absolute Gasteiger partial charge is 0.395 e. The molecule has 0 radical (unpaired) electrons. The molecule has 2 aliphatic rings. The van der Waals surface area contributed by atoms with Crippen LogP contribution in [0.15, 0.2) is 78.9 Å². The smallest absolute Gasteiger partial charge is 0.253 e. The van der Waals surface area contributed by atoms with Crippen LogP contribution in [0.4, 0.5) is 4.39 Å². The summed E-state index contributed by atoms with van der Waals surface area (Å²) in [4.78, 5) is 17.5. The van der Waals surface area contributed by atoms with Crippen molar-refractivity contribution in [3.8, 4) is 0 Å². The number of hydrogen-bond donors (Lipinski definition) is 1. The number of amides is 1. The van der Waals surface area contributed by atoms with E-state index >= 15 is 0 Å². The minimum atomic E-state index is -0.340. The average molecular weight is 471 g/mol. The van der Waals surface area contributed by atoms with Gasteiger partial charge in [0, 0.05) is 36.7 Å². The first-order chi connectivity index (χ1) is 17.1. The molecule has 2 saturated heterocycles. The molecule has 2 heterocycles. The summed E-state index contributed by atoms with van der Waals surface area (Å²) in [5.41, 5.74) is 3.99.